The molecule has 2 nitrogen and oxygen atoms in total. The lowest BCUT2D eigenvalue weighted by molar-refractivity contribution is 0.670. The molecule has 1 aromatic heterocycles. The molecular weight excluding hydrogens is 775 g/mol. The summed E-state index contributed by atoms with van der Waals surface area (Å²) in [6, 6.07) is 85.8. The topological polar surface area (TPSA) is 16.4 Å². The van der Waals surface area contributed by atoms with Gasteiger partial charge in [-0.05, 0) is 130 Å². The summed E-state index contributed by atoms with van der Waals surface area (Å²) in [6.07, 6.45) is 0. The Bertz CT molecular complexity index is 3780. The van der Waals surface area contributed by atoms with Crippen molar-refractivity contribution in [1.82, 2.24) is 0 Å². The van der Waals surface area contributed by atoms with Crippen molar-refractivity contribution in [3.63, 3.8) is 0 Å². The van der Waals surface area contributed by atoms with Crippen LogP contribution in [0.3, 0.4) is 0 Å². The van der Waals surface area contributed by atoms with E-state index in [4.69, 9.17) is 4.42 Å². The van der Waals surface area contributed by atoms with E-state index in [0.717, 1.165) is 50.1 Å². The fourth-order valence-electron chi connectivity index (χ4n) is 10.2. The Labute approximate surface area is 370 Å². The number of para-hydroxylation sites is 1. The molecule has 298 valence electrons. The van der Waals surface area contributed by atoms with Gasteiger partial charge in [-0.3, -0.25) is 0 Å². The summed E-state index contributed by atoms with van der Waals surface area (Å²) in [4.78, 5) is 2.36. The summed E-state index contributed by atoms with van der Waals surface area (Å²) in [5.74, 6) is 0. The van der Waals surface area contributed by atoms with E-state index >= 15 is 0 Å². The van der Waals surface area contributed by atoms with E-state index in [1.165, 1.54) is 76.1 Å². The van der Waals surface area contributed by atoms with Gasteiger partial charge in [0.25, 0.3) is 0 Å². The first-order valence-electron chi connectivity index (χ1n) is 22.0. The predicted molar refractivity (Wildman–Crippen MR) is 272 cm³/mol. The minimum atomic E-state index is 0.847. The second-order valence-corrected chi connectivity index (χ2v) is 16.8. The van der Waals surface area contributed by atoms with Crippen LogP contribution in [-0.4, -0.2) is 0 Å². The average molecular weight is 814 g/mol. The standard InChI is InChI=1S/C62H39NO/c1-2-15-40(16-3-1)58-39-45-19-6-9-22-50(45)60-55-27-14-28-59(61(55)64-62(58)60)63(46-33-29-41(30-34-46)56-37-43-17-4-7-20-48(43)51-23-10-12-25-53(51)56)47-35-31-42(32-36-47)57-38-44-18-5-8-21-49(44)52-24-11-13-26-54(52)57/h1-39H. The minimum Gasteiger partial charge on any atom is -0.453 e. The van der Waals surface area contributed by atoms with E-state index in [0.29, 0.717) is 0 Å². The third-order valence-corrected chi connectivity index (χ3v) is 13.2. The quantitative estimate of drug-likeness (QED) is 0.156. The average Bonchev–Trinajstić information content (AvgIpc) is 3.77. The molecule has 0 amide bonds. The van der Waals surface area contributed by atoms with Crippen LogP contribution in [0.15, 0.2) is 241 Å². The Kier molecular flexibility index (Phi) is 8.25. The smallest absolute Gasteiger partial charge is 0.159 e. The number of anilines is 3. The van der Waals surface area contributed by atoms with Gasteiger partial charge in [0.2, 0.25) is 0 Å². The van der Waals surface area contributed by atoms with Crippen LogP contribution in [0.5, 0.6) is 0 Å². The van der Waals surface area contributed by atoms with Crippen molar-refractivity contribution in [1.29, 1.82) is 0 Å². The van der Waals surface area contributed by atoms with E-state index in [-0.39, 0.29) is 0 Å². The van der Waals surface area contributed by atoms with Gasteiger partial charge in [-0.2, -0.15) is 0 Å². The van der Waals surface area contributed by atoms with Crippen LogP contribution in [0, 0.1) is 0 Å². The van der Waals surface area contributed by atoms with Gasteiger partial charge in [0, 0.05) is 27.7 Å². The van der Waals surface area contributed by atoms with Gasteiger partial charge in [-0.25, -0.2) is 0 Å². The van der Waals surface area contributed by atoms with Crippen molar-refractivity contribution in [3.8, 4) is 33.4 Å². The molecule has 0 aliphatic heterocycles. The first-order valence-corrected chi connectivity index (χ1v) is 22.0. The van der Waals surface area contributed by atoms with Crippen LogP contribution in [-0.2, 0) is 0 Å². The van der Waals surface area contributed by atoms with Gasteiger partial charge in [0.05, 0.1) is 5.69 Å². The van der Waals surface area contributed by atoms with Crippen molar-refractivity contribution in [2.45, 2.75) is 0 Å². The highest BCUT2D eigenvalue weighted by molar-refractivity contribution is 6.24. The van der Waals surface area contributed by atoms with Gasteiger partial charge in [-0.15, -0.1) is 0 Å². The van der Waals surface area contributed by atoms with Crippen molar-refractivity contribution in [2.24, 2.45) is 0 Å². The molecule has 0 unspecified atom stereocenters. The van der Waals surface area contributed by atoms with Gasteiger partial charge in [0.15, 0.2) is 5.58 Å². The van der Waals surface area contributed by atoms with E-state index < -0.39 is 0 Å². The summed E-state index contributed by atoms with van der Waals surface area (Å²) < 4.78 is 7.22. The molecule has 12 aromatic carbocycles. The van der Waals surface area contributed by atoms with Crippen LogP contribution in [0.4, 0.5) is 17.1 Å². The van der Waals surface area contributed by atoms with Crippen LogP contribution >= 0.6 is 0 Å². The number of hydrogen-bond donors (Lipinski definition) is 0. The maximum atomic E-state index is 7.22. The lowest BCUT2D eigenvalue weighted by Crippen LogP contribution is -2.10. The van der Waals surface area contributed by atoms with Gasteiger partial charge < -0.3 is 9.32 Å². The number of benzene rings is 12. The number of fused-ring (bicyclic) bond motifs is 11. The zero-order valence-electron chi connectivity index (χ0n) is 34.9. The molecule has 0 bridgehead atoms. The summed E-state index contributed by atoms with van der Waals surface area (Å²) in [7, 11) is 0. The second-order valence-electron chi connectivity index (χ2n) is 16.8. The molecule has 0 N–H and O–H groups in total. The van der Waals surface area contributed by atoms with Crippen molar-refractivity contribution in [3.05, 3.63) is 237 Å². The van der Waals surface area contributed by atoms with E-state index in [1.54, 1.807) is 0 Å². The normalized spacial score (nSPS) is 11.8. The Morgan fingerprint density at radius 1 is 0.266 bits per heavy atom. The maximum absolute atomic E-state index is 7.22. The molecule has 0 atom stereocenters. The van der Waals surface area contributed by atoms with E-state index in [2.05, 4.69) is 241 Å². The molecule has 0 saturated heterocycles. The minimum absolute atomic E-state index is 0.847. The molecule has 1 heterocycles. The number of nitrogens with zero attached hydrogens (tertiary/aromatic N) is 1. The molecule has 0 aliphatic carbocycles. The molecule has 0 spiro atoms. The molecular formula is C62H39NO. The summed E-state index contributed by atoms with van der Waals surface area (Å²) in [6.45, 7) is 0. The van der Waals surface area contributed by atoms with E-state index in [1.807, 2.05) is 0 Å². The molecule has 64 heavy (non-hydrogen) atoms. The predicted octanol–water partition coefficient (Wildman–Crippen LogP) is 17.8. The highest BCUT2D eigenvalue weighted by atomic mass is 16.3. The molecule has 13 rings (SSSR count). The lowest BCUT2D eigenvalue weighted by atomic mass is 9.93. The van der Waals surface area contributed by atoms with Crippen LogP contribution < -0.4 is 4.90 Å². The highest BCUT2D eigenvalue weighted by Gasteiger charge is 2.23. The van der Waals surface area contributed by atoms with Crippen LogP contribution in [0.2, 0.25) is 0 Å². The molecule has 0 saturated carbocycles. The molecule has 2 heteroatoms. The van der Waals surface area contributed by atoms with Crippen LogP contribution in [0.25, 0.3) is 109 Å². The third-order valence-electron chi connectivity index (χ3n) is 13.2. The first-order chi connectivity index (χ1) is 31.7. The van der Waals surface area contributed by atoms with E-state index in [9.17, 15) is 0 Å². The van der Waals surface area contributed by atoms with Crippen molar-refractivity contribution < 1.29 is 4.42 Å². The molecule has 13 aromatic rings. The SMILES string of the molecule is c1ccc(-c2cc3ccccc3c3c2oc2c(N(c4ccc(-c5cc6ccccc6c6ccccc56)cc4)c4ccc(-c5cc6ccccc6c6ccccc56)cc4)cccc23)cc1. The highest BCUT2D eigenvalue weighted by Crippen LogP contribution is 2.47. The summed E-state index contributed by atoms with van der Waals surface area (Å²) in [5, 5.41) is 14.6. The fourth-order valence-corrected chi connectivity index (χ4v) is 10.2. The molecule has 0 aliphatic rings. The van der Waals surface area contributed by atoms with Gasteiger partial charge in [-0.1, -0.05) is 188 Å². The maximum Gasteiger partial charge on any atom is 0.159 e. The molecule has 0 fully saturated rings. The van der Waals surface area contributed by atoms with Crippen molar-refractivity contribution in [2.75, 3.05) is 4.90 Å². The Balaban J connectivity index is 1.02. The zero-order valence-corrected chi connectivity index (χ0v) is 34.9. The van der Waals surface area contributed by atoms with Crippen LogP contribution in [0.1, 0.15) is 0 Å². The van der Waals surface area contributed by atoms with Crippen molar-refractivity contribution >= 4 is 92.9 Å². The molecule has 0 radical (unpaired) electrons. The largest absolute Gasteiger partial charge is 0.453 e. The number of rotatable bonds is 6. The first kappa shape index (κ1) is 36.2. The third kappa shape index (κ3) is 5.73. The summed E-state index contributed by atoms with van der Waals surface area (Å²) in [5.41, 5.74) is 11.8. The zero-order chi connectivity index (χ0) is 42.1. The fraction of sp³-hybridized carbons (Fsp3) is 0. The Hall–Kier alpha value is -8.46. The Morgan fingerprint density at radius 2 is 0.672 bits per heavy atom. The van der Waals surface area contributed by atoms with Gasteiger partial charge in [0.1, 0.15) is 5.58 Å². The number of hydrogen-bond acceptors (Lipinski definition) is 2. The number of furan rings is 1. The monoisotopic (exact) mass is 813 g/mol. The lowest BCUT2D eigenvalue weighted by Gasteiger charge is -2.26. The Morgan fingerprint density at radius 3 is 1.22 bits per heavy atom. The van der Waals surface area contributed by atoms with Gasteiger partial charge >= 0.3 is 0 Å². The second kappa shape index (κ2) is 14.6. The summed E-state index contributed by atoms with van der Waals surface area (Å²) >= 11 is 0.